The Balaban J connectivity index is 0. The summed E-state index contributed by atoms with van der Waals surface area (Å²) in [5, 5.41) is 24.0. The van der Waals surface area contributed by atoms with E-state index in [1.54, 1.807) is 0 Å². The second-order valence-corrected chi connectivity index (χ2v) is 6.17. The number of aliphatic hydroxyl groups is 3. The van der Waals surface area contributed by atoms with E-state index >= 15 is 0 Å². The summed E-state index contributed by atoms with van der Waals surface area (Å²) < 4.78 is 5.63. The summed E-state index contributed by atoms with van der Waals surface area (Å²) in [6, 6.07) is 0. The molecule has 142 valence electrons. The third-order valence-corrected chi connectivity index (χ3v) is 3.71. The lowest BCUT2D eigenvalue weighted by Crippen LogP contribution is -2.15. The minimum absolute atomic E-state index is 0.365. The van der Waals surface area contributed by atoms with Crippen molar-refractivity contribution < 1.29 is 20.1 Å². The number of unbranched alkanes of at least 4 members (excludes halogenated alkanes) is 10. The molecule has 0 bridgehead atoms. The molecule has 0 radical (unpaired) electrons. The zero-order chi connectivity index (χ0) is 17.6. The second kappa shape index (κ2) is 24.1. The van der Waals surface area contributed by atoms with E-state index in [-0.39, 0.29) is 13.2 Å². The monoisotopic (exact) mass is 334 g/mol. The van der Waals surface area contributed by atoms with E-state index in [2.05, 4.69) is 13.8 Å². The highest BCUT2D eigenvalue weighted by atomic mass is 16.5. The molecular formula is C19H42O4. The molecule has 3 N–H and O–H groups in total. The molecule has 0 amide bonds. The van der Waals surface area contributed by atoms with Crippen LogP contribution in [0.2, 0.25) is 0 Å². The lowest BCUT2D eigenvalue weighted by Gasteiger charge is -2.04. The van der Waals surface area contributed by atoms with Gasteiger partial charge in [-0.25, -0.2) is 0 Å². The normalized spacial score (nSPS) is 10.7. The van der Waals surface area contributed by atoms with Gasteiger partial charge in [0.15, 0.2) is 0 Å². The van der Waals surface area contributed by atoms with Gasteiger partial charge in [-0.05, 0) is 12.8 Å². The van der Waals surface area contributed by atoms with Crippen molar-refractivity contribution in [1.29, 1.82) is 0 Å². The second-order valence-electron chi connectivity index (χ2n) is 6.17. The van der Waals surface area contributed by atoms with Gasteiger partial charge in [0.2, 0.25) is 0 Å². The van der Waals surface area contributed by atoms with E-state index in [0.717, 1.165) is 13.2 Å². The SMILES string of the molecule is CCCCCCCCCCOCCCCCC.OCC(O)CO. The van der Waals surface area contributed by atoms with Gasteiger partial charge in [-0.2, -0.15) is 0 Å². The van der Waals surface area contributed by atoms with Gasteiger partial charge < -0.3 is 20.1 Å². The van der Waals surface area contributed by atoms with Crippen molar-refractivity contribution in [2.45, 2.75) is 97.0 Å². The van der Waals surface area contributed by atoms with Crippen LogP contribution >= 0.6 is 0 Å². The molecule has 0 fully saturated rings. The van der Waals surface area contributed by atoms with Crippen LogP contribution in [0.5, 0.6) is 0 Å². The highest BCUT2D eigenvalue weighted by Crippen LogP contribution is 2.08. The Hall–Kier alpha value is -0.160. The molecule has 0 unspecified atom stereocenters. The van der Waals surface area contributed by atoms with Crippen LogP contribution in [-0.2, 0) is 4.74 Å². The number of hydrogen-bond acceptors (Lipinski definition) is 4. The molecule has 0 aromatic heterocycles. The molecule has 0 atom stereocenters. The summed E-state index contributed by atoms with van der Waals surface area (Å²) in [4.78, 5) is 0. The van der Waals surface area contributed by atoms with Gasteiger partial charge in [-0.3, -0.25) is 0 Å². The average Bonchev–Trinajstić information content (AvgIpc) is 2.59. The highest BCUT2D eigenvalue weighted by molar-refractivity contribution is 4.46. The molecule has 4 nitrogen and oxygen atoms in total. The van der Waals surface area contributed by atoms with Crippen molar-refractivity contribution in [2.75, 3.05) is 26.4 Å². The largest absolute Gasteiger partial charge is 0.394 e. The van der Waals surface area contributed by atoms with E-state index in [9.17, 15) is 0 Å². The van der Waals surface area contributed by atoms with E-state index < -0.39 is 6.10 Å². The molecule has 23 heavy (non-hydrogen) atoms. The number of hydrogen-bond donors (Lipinski definition) is 3. The highest BCUT2D eigenvalue weighted by Gasteiger charge is 1.94. The maximum atomic E-state index is 8.17. The Morgan fingerprint density at radius 3 is 1.30 bits per heavy atom. The maximum Gasteiger partial charge on any atom is 0.100 e. The maximum absolute atomic E-state index is 8.17. The summed E-state index contributed by atoms with van der Waals surface area (Å²) in [6.45, 7) is 5.77. The van der Waals surface area contributed by atoms with Gasteiger partial charge in [0.05, 0.1) is 13.2 Å². The first-order valence-corrected chi connectivity index (χ1v) is 9.70. The number of aliphatic hydroxyl groups excluding tert-OH is 3. The molecule has 0 heterocycles. The van der Waals surface area contributed by atoms with Crippen LogP contribution in [0.3, 0.4) is 0 Å². The molecule has 0 saturated heterocycles. The lowest BCUT2D eigenvalue weighted by atomic mass is 10.1. The first kappa shape index (κ1) is 25.1. The van der Waals surface area contributed by atoms with Gasteiger partial charge in [-0.1, -0.05) is 78.1 Å². The van der Waals surface area contributed by atoms with Crippen LogP contribution in [0.15, 0.2) is 0 Å². The van der Waals surface area contributed by atoms with Crippen LogP contribution in [0.4, 0.5) is 0 Å². The van der Waals surface area contributed by atoms with Gasteiger partial charge in [0.1, 0.15) is 6.10 Å². The van der Waals surface area contributed by atoms with Crippen molar-refractivity contribution in [2.24, 2.45) is 0 Å². The van der Waals surface area contributed by atoms with Crippen molar-refractivity contribution in [3.63, 3.8) is 0 Å². The first-order valence-electron chi connectivity index (χ1n) is 9.70. The molecule has 0 aromatic carbocycles. The van der Waals surface area contributed by atoms with E-state index in [1.807, 2.05) is 0 Å². The van der Waals surface area contributed by atoms with Gasteiger partial charge in [0.25, 0.3) is 0 Å². The van der Waals surface area contributed by atoms with Crippen molar-refractivity contribution in [3.05, 3.63) is 0 Å². The van der Waals surface area contributed by atoms with E-state index in [0.29, 0.717) is 0 Å². The minimum atomic E-state index is -0.954. The molecule has 0 aliphatic carbocycles. The first-order chi connectivity index (χ1) is 11.2. The summed E-state index contributed by atoms with van der Waals surface area (Å²) in [6.07, 6.45) is 15.4. The Bertz CT molecular complexity index is 170. The zero-order valence-corrected chi connectivity index (χ0v) is 15.6. The van der Waals surface area contributed by atoms with E-state index in [1.165, 1.54) is 77.0 Å². The fourth-order valence-corrected chi connectivity index (χ4v) is 2.13. The van der Waals surface area contributed by atoms with Crippen molar-refractivity contribution >= 4 is 0 Å². The van der Waals surface area contributed by atoms with Gasteiger partial charge >= 0.3 is 0 Å². The van der Waals surface area contributed by atoms with Crippen LogP contribution in [0.1, 0.15) is 90.9 Å². The molecule has 0 aliphatic rings. The van der Waals surface area contributed by atoms with E-state index in [4.69, 9.17) is 20.1 Å². The third-order valence-electron chi connectivity index (χ3n) is 3.71. The van der Waals surface area contributed by atoms with Crippen LogP contribution in [0, 0.1) is 0 Å². The average molecular weight is 335 g/mol. The minimum Gasteiger partial charge on any atom is -0.394 e. The molecule has 0 aliphatic heterocycles. The molecule has 0 saturated carbocycles. The quantitative estimate of drug-likeness (QED) is 0.372. The lowest BCUT2D eigenvalue weighted by molar-refractivity contribution is 0.0450. The summed E-state index contributed by atoms with van der Waals surface area (Å²) in [5.74, 6) is 0. The number of rotatable bonds is 16. The summed E-state index contributed by atoms with van der Waals surface area (Å²) in [7, 11) is 0. The molecule has 0 spiro atoms. The fraction of sp³-hybridized carbons (Fsp3) is 1.00. The standard InChI is InChI=1S/C16H34O.C3H8O3/c1-3-5-7-9-10-11-12-14-16-17-15-13-8-6-4-2;4-1-3(6)2-5/h3-16H2,1-2H3;3-6H,1-2H2. The van der Waals surface area contributed by atoms with Crippen molar-refractivity contribution in [3.8, 4) is 0 Å². The summed E-state index contributed by atoms with van der Waals surface area (Å²) >= 11 is 0. The zero-order valence-electron chi connectivity index (χ0n) is 15.6. The molecular weight excluding hydrogens is 292 g/mol. The van der Waals surface area contributed by atoms with Gasteiger partial charge in [0, 0.05) is 13.2 Å². The Kier molecular flexibility index (Phi) is 26.3. The number of ether oxygens (including phenoxy) is 1. The van der Waals surface area contributed by atoms with Crippen LogP contribution in [0.25, 0.3) is 0 Å². The van der Waals surface area contributed by atoms with Crippen molar-refractivity contribution in [1.82, 2.24) is 0 Å². The fourth-order valence-electron chi connectivity index (χ4n) is 2.13. The Labute approximate surface area is 144 Å². The van der Waals surface area contributed by atoms with Crippen LogP contribution in [-0.4, -0.2) is 47.9 Å². The van der Waals surface area contributed by atoms with Crippen LogP contribution < -0.4 is 0 Å². The molecule has 0 aromatic rings. The predicted molar refractivity (Wildman–Crippen MR) is 97.7 cm³/mol. The third kappa shape index (κ3) is 27.0. The topological polar surface area (TPSA) is 69.9 Å². The Morgan fingerprint density at radius 1 is 0.609 bits per heavy atom. The molecule has 4 heteroatoms. The smallest absolute Gasteiger partial charge is 0.100 e. The predicted octanol–water partition coefficient (Wildman–Crippen LogP) is 4.06. The Morgan fingerprint density at radius 2 is 0.957 bits per heavy atom. The summed E-state index contributed by atoms with van der Waals surface area (Å²) in [5.41, 5.74) is 0. The molecule has 0 rings (SSSR count). The van der Waals surface area contributed by atoms with Gasteiger partial charge in [-0.15, -0.1) is 0 Å².